The van der Waals surface area contributed by atoms with Crippen LogP contribution in [-0.2, 0) is 4.79 Å². The lowest BCUT2D eigenvalue weighted by Gasteiger charge is -2.21. The van der Waals surface area contributed by atoms with E-state index in [0.717, 1.165) is 6.07 Å². The summed E-state index contributed by atoms with van der Waals surface area (Å²) >= 11 is 0. The number of likely N-dealkylation sites (tertiary alicyclic amines) is 1. The van der Waals surface area contributed by atoms with Crippen molar-refractivity contribution in [1.82, 2.24) is 4.90 Å². The van der Waals surface area contributed by atoms with E-state index in [0.29, 0.717) is 13.0 Å². The minimum absolute atomic E-state index is 0.119. The summed E-state index contributed by atoms with van der Waals surface area (Å²) in [4.78, 5) is 25.1. The monoisotopic (exact) mass is 265 g/mol. The first-order chi connectivity index (χ1) is 8.83. The third-order valence-corrected chi connectivity index (χ3v) is 3.60. The van der Waals surface area contributed by atoms with E-state index in [-0.39, 0.29) is 23.7 Å². The largest absolute Gasteiger partial charge is 0.398 e. The molecule has 0 radical (unpaired) electrons. The molecule has 0 saturated carbocycles. The number of nitrogens with zero attached hydrogens (tertiary/aromatic N) is 1. The van der Waals surface area contributed by atoms with Gasteiger partial charge in [0.25, 0.3) is 5.91 Å². The molecule has 1 aromatic rings. The summed E-state index contributed by atoms with van der Waals surface area (Å²) in [6, 6.07) is 3.66. The van der Waals surface area contributed by atoms with Crippen molar-refractivity contribution in [2.24, 2.45) is 11.1 Å². The Morgan fingerprint density at radius 1 is 1.42 bits per heavy atom. The van der Waals surface area contributed by atoms with Gasteiger partial charge >= 0.3 is 0 Å². The molecule has 6 heteroatoms. The molecule has 1 fully saturated rings. The van der Waals surface area contributed by atoms with Crippen molar-refractivity contribution < 1.29 is 14.0 Å². The van der Waals surface area contributed by atoms with E-state index in [9.17, 15) is 14.0 Å². The minimum atomic E-state index is -0.724. The number of carbonyl (C=O) groups excluding carboxylic acids is 2. The van der Waals surface area contributed by atoms with E-state index >= 15 is 0 Å². The lowest BCUT2D eigenvalue weighted by atomic mass is 9.89. The maximum Gasteiger partial charge on any atom is 0.256 e. The summed E-state index contributed by atoms with van der Waals surface area (Å²) in [6.45, 7) is 2.36. The van der Waals surface area contributed by atoms with Crippen LogP contribution >= 0.6 is 0 Å². The van der Waals surface area contributed by atoms with Gasteiger partial charge in [-0.05, 0) is 31.5 Å². The summed E-state index contributed by atoms with van der Waals surface area (Å²) in [5.74, 6) is -1.33. The summed E-state index contributed by atoms with van der Waals surface area (Å²) in [6.07, 6.45) is 0.503. The van der Waals surface area contributed by atoms with E-state index in [2.05, 4.69) is 0 Å². The first kappa shape index (κ1) is 13.3. The van der Waals surface area contributed by atoms with E-state index in [4.69, 9.17) is 11.5 Å². The highest BCUT2D eigenvalue weighted by Crippen LogP contribution is 2.31. The van der Waals surface area contributed by atoms with Gasteiger partial charge < -0.3 is 16.4 Å². The topological polar surface area (TPSA) is 89.4 Å². The third-order valence-electron chi connectivity index (χ3n) is 3.60. The van der Waals surface area contributed by atoms with Gasteiger partial charge in [0, 0.05) is 18.8 Å². The van der Waals surface area contributed by atoms with Crippen molar-refractivity contribution in [1.29, 1.82) is 0 Å². The molecule has 2 amide bonds. The van der Waals surface area contributed by atoms with E-state index in [1.165, 1.54) is 17.0 Å². The van der Waals surface area contributed by atoms with Gasteiger partial charge in [0.1, 0.15) is 5.82 Å². The Morgan fingerprint density at radius 2 is 2.11 bits per heavy atom. The van der Waals surface area contributed by atoms with Crippen LogP contribution in [0.15, 0.2) is 18.2 Å². The van der Waals surface area contributed by atoms with Crippen LogP contribution in [0.5, 0.6) is 0 Å². The second-order valence-corrected chi connectivity index (χ2v) is 5.13. The molecule has 0 aromatic heterocycles. The zero-order chi connectivity index (χ0) is 14.2. The number of halogens is 1. The zero-order valence-electron chi connectivity index (χ0n) is 10.6. The zero-order valence-corrected chi connectivity index (χ0v) is 10.6. The van der Waals surface area contributed by atoms with Gasteiger partial charge in [-0.3, -0.25) is 9.59 Å². The smallest absolute Gasteiger partial charge is 0.256 e. The Morgan fingerprint density at radius 3 is 2.68 bits per heavy atom. The molecule has 1 aromatic carbocycles. The molecule has 0 aliphatic carbocycles. The quantitative estimate of drug-likeness (QED) is 0.773. The van der Waals surface area contributed by atoms with Gasteiger partial charge in [0.05, 0.1) is 11.0 Å². The lowest BCUT2D eigenvalue weighted by Crippen LogP contribution is -2.38. The van der Waals surface area contributed by atoms with Crippen molar-refractivity contribution in [3.05, 3.63) is 29.6 Å². The van der Waals surface area contributed by atoms with E-state index < -0.39 is 17.1 Å². The fourth-order valence-corrected chi connectivity index (χ4v) is 2.22. The van der Waals surface area contributed by atoms with Crippen LogP contribution in [0.2, 0.25) is 0 Å². The molecule has 2 rings (SSSR count). The Hall–Kier alpha value is -2.11. The summed E-state index contributed by atoms with van der Waals surface area (Å²) < 4.78 is 13.2. The predicted molar refractivity (Wildman–Crippen MR) is 68.6 cm³/mol. The van der Waals surface area contributed by atoms with Crippen molar-refractivity contribution in [2.75, 3.05) is 18.8 Å². The Balaban J connectivity index is 2.22. The van der Waals surface area contributed by atoms with Gasteiger partial charge in [-0.1, -0.05) is 0 Å². The van der Waals surface area contributed by atoms with Crippen molar-refractivity contribution >= 4 is 17.5 Å². The molecule has 1 saturated heterocycles. The highest BCUT2D eigenvalue weighted by Gasteiger charge is 2.41. The number of hydrogen-bond donors (Lipinski definition) is 2. The number of carbonyl (C=O) groups is 2. The lowest BCUT2D eigenvalue weighted by molar-refractivity contribution is -0.126. The number of nitrogen functional groups attached to an aromatic ring is 1. The SMILES string of the molecule is CC1(C(N)=O)CCN(C(=O)c2cc(F)ccc2N)C1. The van der Waals surface area contributed by atoms with Crippen LogP contribution in [0.25, 0.3) is 0 Å². The molecule has 4 N–H and O–H groups in total. The maximum absolute atomic E-state index is 13.2. The standard InChI is InChI=1S/C13H16FN3O2/c1-13(12(16)19)4-5-17(7-13)11(18)9-6-8(14)2-3-10(9)15/h2-3,6H,4-5,7,15H2,1H3,(H2,16,19). The van der Waals surface area contributed by atoms with Crippen LogP contribution < -0.4 is 11.5 Å². The summed E-state index contributed by atoms with van der Waals surface area (Å²) in [5.41, 5.74) is 10.6. The van der Waals surface area contributed by atoms with Gasteiger partial charge in [0.2, 0.25) is 5.91 Å². The molecule has 102 valence electrons. The van der Waals surface area contributed by atoms with Gasteiger partial charge in [0.15, 0.2) is 0 Å². The fourth-order valence-electron chi connectivity index (χ4n) is 2.22. The molecule has 1 unspecified atom stereocenters. The normalized spacial score (nSPS) is 22.5. The first-order valence-electron chi connectivity index (χ1n) is 5.98. The van der Waals surface area contributed by atoms with Crippen LogP contribution in [0.3, 0.4) is 0 Å². The molecule has 19 heavy (non-hydrogen) atoms. The molecular weight excluding hydrogens is 249 g/mol. The molecule has 0 spiro atoms. The fraction of sp³-hybridized carbons (Fsp3) is 0.385. The van der Waals surface area contributed by atoms with Crippen LogP contribution in [0.4, 0.5) is 10.1 Å². The van der Waals surface area contributed by atoms with Crippen molar-refractivity contribution in [2.45, 2.75) is 13.3 Å². The molecule has 0 bridgehead atoms. The molecule has 1 aliphatic heterocycles. The number of rotatable bonds is 2. The van der Waals surface area contributed by atoms with Crippen LogP contribution in [0.1, 0.15) is 23.7 Å². The Labute approximate surface area is 110 Å². The number of primary amides is 1. The highest BCUT2D eigenvalue weighted by atomic mass is 19.1. The second kappa shape index (κ2) is 4.53. The second-order valence-electron chi connectivity index (χ2n) is 5.13. The minimum Gasteiger partial charge on any atom is -0.398 e. The Kier molecular flexibility index (Phi) is 3.18. The number of anilines is 1. The molecule has 5 nitrogen and oxygen atoms in total. The summed E-state index contributed by atoms with van der Waals surface area (Å²) in [7, 11) is 0. The highest BCUT2D eigenvalue weighted by molar-refractivity contribution is 5.99. The average Bonchev–Trinajstić information content (AvgIpc) is 2.76. The maximum atomic E-state index is 13.2. The summed E-state index contributed by atoms with van der Waals surface area (Å²) in [5, 5.41) is 0. The number of nitrogens with two attached hydrogens (primary N) is 2. The van der Waals surface area contributed by atoms with Crippen molar-refractivity contribution in [3.8, 4) is 0 Å². The van der Waals surface area contributed by atoms with E-state index in [1.54, 1.807) is 6.92 Å². The third kappa shape index (κ3) is 2.38. The average molecular weight is 265 g/mol. The number of hydrogen-bond acceptors (Lipinski definition) is 3. The van der Waals surface area contributed by atoms with Crippen LogP contribution in [-0.4, -0.2) is 29.8 Å². The van der Waals surface area contributed by atoms with E-state index in [1.807, 2.05) is 0 Å². The predicted octanol–water partition coefficient (Wildman–Crippen LogP) is 0.745. The molecular formula is C13H16FN3O2. The number of amides is 2. The van der Waals surface area contributed by atoms with Gasteiger partial charge in [-0.25, -0.2) is 4.39 Å². The van der Waals surface area contributed by atoms with Crippen LogP contribution in [0, 0.1) is 11.2 Å². The Bertz CT molecular complexity index is 547. The molecule has 1 atom stereocenters. The first-order valence-corrected chi connectivity index (χ1v) is 5.98. The number of benzene rings is 1. The molecule has 1 heterocycles. The van der Waals surface area contributed by atoms with Gasteiger partial charge in [-0.2, -0.15) is 0 Å². The van der Waals surface area contributed by atoms with Gasteiger partial charge in [-0.15, -0.1) is 0 Å². The molecule has 1 aliphatic rings. The van der Waals surface area contributed by atoms with Crippen molar-refractivity contribution in [3.63, 3.8) is 0 Å².